The summed E-state index contributed by atoms with van der Waals surface area (Å²) in [4.78, 5) is 27.5. The minimum absolute atomic E-state index is 0.340. The SMILES string of the molecule is CCCC(C)(OC)C(NSc1ccccc1)C1C=CC(=O)N1C(=O)OC(C)(C)C. The van der Waals surface area contributed by atoms with Crippen molar-refractivity contribution < 1.29 is 19.1 Å². The Balaban J connectivity index is 2.33. The van der Waals surface area contributed by atoms with Crippen LogP contribution in [-0.4, -0.2) is 47.3 Å². The molecule has 7 heteroatoms. The number of nitrogens with one attached hydrogen (secondary N) is 1. The van der Waals surface area contributed by atoms with Gasteiger partial charge in [0.2, 0.25) is 0 Å². The molecule has 2 rings (SSSR count). The van der Waals surface area contributed by atoms with E-state index in [0.29, 0.717) is 0 Å². The average Bonchev–Trinajstić information content (AvgIpc) is 3.03. The van der Waals surface area contributed by atoms with E-state index < -0.39 is 23.3 Å². The van der Waals surface area contributed by atoms with Gasteiger partial charge in [0.25, 0.3) is 5.91 Å². The number of hydrogen-bond acceptors (Lipinski definition) is 6. The second-order valence-corrected chi connectivity index (χ2v) is 9.23. The molecule has 1 aromatic rings. The van der Waals surface area contributed by atoms with Gasteiger partial charge in [-0.3, -0.25) is 9.52 Å². The number of carbonyl (C=O) groups excluding carboxylic acids is 2. The van der Waals surface area contributed by atoms with Crippen LogP contribution in [0.25, 0.3) is 0 Å². The second kappa shape index (κ2) is 9.78. The number of ether oxygens (including phenoxy) is 2. The van der Waals surface area contributed by atoms with Gasteiger partial charge in [0.1, 0.15) is 5.60 Å². The molecule has 1 aliphatic heterocycles. The number of imide groups is 1. The van der Waals surface area contributed by atoms with Gasteiger partial charge in [-0.2, -0.15) is 0 Å². The summed E-state index contributed by atoms with van der Waals surface area (Å²) in [6.45, 7) is 9.44. The first-order chi connectivity index (χ1) is 13.6. The first kappa shape index (κ1) is 23.4. The zero-order chi connectivity index (χ0) is 21.7. The van der Waals surface area contributed by atoms with Crippen LogP contribution >= 0.6 is 11.9 Å². The molecule has 0 fully saturated rings. The average molecular weight is 421 g/mol. The lowest BCUT2D eigenvalue weighted by Crippen LogP contribution is -2.60. The minimum atomic E-state index is -0.694. The Hall–Kier alpha value is -1.83. The molecule has 0 spiro atoms. The van der Waals surface area contributed by atoms with Crippen LogP contribution in [0, 0.1) is 0 Å². The molecule has 1 aliphatic rings. The maximum Gasteiger partial charge on any atom is 0.417 e. The molecule has 3 unspecified atom stereocenters. The highest BCUT2D eigenvalue weighted by Crippen LogP contribution is 2.32. The third-order valence-corrected chi connectivity index (χ3v) is 5.70. The number of nitrogens with zero attached hydrogens (tertiary/aromatic N) is 1. The van der Waals surface area contributed by atoms with Gasteiger partial charge in [0.15, 0.2) is 0 Å². The number of methoxy groups -OCH3 is 1. The highest BCUT2D eigenvalue weighted by atomic mass is 32.2. The fourth-order valence-electron chi connectivity index (χ4n) is 3.33. The Morgan fingerprint density at radius 3 is 2.45 bits per heavy atom. The molecule has 160 valence electrons. The van der Waals surface area contributed by atoms with Crippen LogP contribution in [-0.2, 0) is 14.3 Å². The molecule has 3 atom stereocenters. The molecule has 0 saturated heterocycles. The van der Waals surface area contributed by atoms with Crippen molar-refractivity contribution in [1.82, 2.24) is 9.62 Å². The Kier molecular flexibility index (Phi) is 7.91. The zero-order valence-corrected chi connectivity index (χ0v) is 18.9. The molecule has 6 nitrogen and oxygen atoms in total. The predicted octanol–water partition coefficient (Wildman–Crippen LogP) is 4.56. The topological polar surface area (TPSA) is 67.9 Å². The summed E-state index contributed by atoms with van der Waals surface area (Å²) in [6.07, 6.45) is 4.19. The van der Waals surface area contributed by atoms with Crippen molar-refractivity contribution in [3.63, 3.8) is 0 Å². The fourth-order valence-corrected chi connectivity index (χ4v) is 4.28. The summed E-state index contributed by atoms with van der Waals surface area (Å²) in [7, 11) is 1.66. The molecule has 1 aromatic carbocycles. The molecular weight excluding hydrogens is 388 g/mol. The molecule has 0 aromatic heterocycles. The van der Waals surface area contributed by atoms with Crippen molar-refractivity contribution in [2.45, 2.75) is 75.6 Å². The van der Waals surface area contributed by atoms with E-state index in [2.05, 4.69) is 11.6 Å². The highest BCUT2D eigenvalue weighted by molar-refractivity contribution is 7.97. The van der Waals surface area contributed by atoms with Gasteiger partial charge in [0.05, 0.1) is 17.7 Å². The van der Waals surface area contributed by atoms with Gasteiger partial charge in [-0.15, -0.1) is 0 Å². The summed E-state index contributed by atoms with van der Waals surface area (Å²) in [6, 6.07) is 9.03. The number of hydrogen-bond donors (Lipinski definition) is 1. The van der Waals surface area contributed by atoms with Crippen LogP contribution < -0.4 is 4.72 Å². The summed E-state index contributed by atoms with van der Waals surface area (Å²) in [5, 5.41) is 0. The Labute approximate surface area is 178 Å². The maximum atomic E-state index is 12.8. The Bertz CT molecular complexity index is 732. The normalized spacial score (nSPS) is 19.9. The van der Waals surface area contributed by atoms with E-state index in [1.165, 1.54) is 22.9 Å². The van der Waals surface area contributed by atoms with Crippen LogP contribution in [0.5, 0.6) is 0 Å². The van der Waals surface area contributed by atoms with Gasteiger partial charge < -0.3 is 9.47 Å². The summed E-state index contributed by atoms with van der Waals surface area (Å²) in [5.41, 5.74) is -1.30. The maximum absolute atomic E-state index is 12.8. The lowest BCUT2D eigenvalue weighted by atomic mass is 9.86. The standard InChI is InChI=1S/C22H32N2O4S/c1-7-15-22(5,27-6)19(23-29-16-11-9-8-10-12-16)17-13-14-18(25)24(17)20(26)28-21(2,3)4/h8-14,17,19,23H,7,15H2,1-6H3. The van der Waals surface area contributed by atoms with Crippen molar-refractivity contribution in [2.24, 2.45) is 0 Å². The van der Waals surface area contributed by atoms with E-state index >= 15 is 0 Å². The second-order valence-electron chi connectivity index (χ2n) is 8.32. The lowest BCUT2D eigenvalue weighted by molar-refractivity contribution is -0.127. The number of amides is 2. The quantitative estimate of drug-likeness (QED) is 0.622. The molecule has 2 amide bonds. The highest BCUT2D eigenvalue weighted by Gasteiger charge is 2.46. The molecule has 0 aliphatic carbocycles. The number of carbonyl (C=O) groups is 2. The van der Waals surface area contributed by atoms with E-state index in [0.717, 1.165) is 17.7 Å². The molecule has 0 saturated carbocycles. The molecule has 0 bridgehead atoms. The first-order valence-electron chi connectivity index (χ1n) is 9.88. The van der Waals surface area contributed by atoms with Crippen molar-refractivity contribution in [3.05, 3.63) is 42.5 Å². The van der Waals surface area contributed by atoms with Gasteiger partial charge in [-0.25, -0.2) is 9.69 Å². The van der Waals surface area contributed by atoms with Crippen LogP contribution in [0.4, 0.5) is 4.79 Å². The first-order valence-corrected chi connectivity index (χ1v) is 10.7. The molecule has 0 radical (unpaired) electrons. The monoisotopic (exact) mass is 420 g/mol. The Morgan fingerprint density at radius 2 is 1.90 bits per heavy atom. The van der Waals surface area contributed by atoms with Crippen LogP contribution in [0.15, 0.2) is 47.4 Å². The van der Waals surface area contributed by atoms with Gasteiger partial charge in [-0.05, 0) is 58.2 Å². The zero-order valence-electron chi connectivity index (χ0n) is 18.1. The summed E-state index contributed by atoms with van der Waals surface area (Å²) in [5.74, 6) is -0.379. The van der Waals surface area contributed by atoms with Crippen LogP contribution in [0.1, 0.15) is 47.5 Å². The van der Waals surface area contributed by atoms with E-state index in [9.17, 15) is 9.59 Å². The summed E-state index contributed by atoms with van der Waals surface area (Å²) < 4.78 is 14.9. The van der Waals surface area contributed by atoms with E-state index in [1.807, 2.05) is 37.3 Å². The summed E-state index contributed by atoms with van der Waals surface area (Å²) >= 11 is 1.46. The molecule has 29 heavy (non-hydrogen) atoms. The van der Waals surface area contributed by atoms with Crippen LogP contribution in [0.2, 0.25) is 0 Å². The largest absolute Gasteiger partial charge is 0.443 e. The van der Waals surface area contributed by atoms with Crippen molar-refractivity contribution >= 4 is 23.9 Å². The lowest BCUT2D eigenvalue weighted by Gasteiger charge is -2.42. The van der Waals surface area contributed by atoms with E-state index in [1.54, 1.807) is 34.0 Å². The number of rotatable bonds is 8. The van der Waals surface area contributed by atoms with Crippen molar-refractivity contribution in [3.8, 4) is 0 Å². The molecule has 1 heterocycles. The predicted molar refractivity (Wildman–Crippen MR) is 116 cm³/mol. The van der Waals surface area contributed by atoms with Crippen LogP contribution in [0.3, 0.4) is 0 Å². The minimum Gasteiger partial charge on any atom is -0.443 e. The van der Waals surface area contributed by atoms with Crippen molar-refractivity contribution in [1.29, 1.82) is 0 Å². The van der Waals surface area contributed by atoms with Gasteiger partial charge >= 0.3 is 6.09 Å². The fraction of sp³-hybridized carbons (Fsp3) is 0.545. The van der Waals surface area contributed by atoms with Gasteiger partial charge in [0, 0.05) is 18.1 Å². The molecular formula is C22H32N2O4S. The van der Waals surface area contributed by atoms with Gasteiger partial charge in [-0.1, -0.05) is 37.6 Å². The third kappa shape index (κ3) is 6.07. The van der Waals surface area contributed by atoms with E-state index in [4.69, 9.17) is 9.47 Å². The smallest absolute Gasteiger partial charge is 0.417 e. The van der Waals surface area contributed by atoms with Crippen molar-refractivity contribution in [2.75, 3.05) is 7.11 Å². The number of benzene rings is 1. The third-order valence-electron chi connectivity index (χ3n) is 4.82. The Morgan fingerprint density at radius 1 is 1.24 bits per heavy atom. The molecule has 1 N–H and O–H groups in total. The van der Waals surface area contributed by atoms with E-state index in [-0.39, 0.29) is 11.9 Å².